The molecule has 118 valence electrons. The van der Waals surface area contributed by atoms with E-state index < -0.39 is 0 Å². The Balaban J connectivity index is 1.58. The molecular formula is C18H18ClN3S. The number of pyridine rings is 1. The van der Waals surface area contributed by atoms with Crippen molar-refractivity contribution in [3.05, 3.63) is 58.9 Å². The van der Waals surface area contributed by atoms with Crippen molar-refractivity contribution in [1.29, 1.82) is 0 Å². The van der Waals surface area contributed by atoms with Gasteiger partial charge >= 0.3 is 0 Å². The molecule has 23 heavy (non-hydrogen) atoms. The van der Waals surface area contributed by atoms with Gasteiger partial charge in [-0.15, -0.1) is 0 Å². The number of benzene rings is 1. The summed E-state index contributed by atoms with van der Waals surface area (Å²) in [6.45, 7) is 0. The maximum absolute atomic E-state index is 6.20. The van der Waals surface area contributed by atoms with Crippen molar-refractivity contribution in [2.24, 2.45) is 0 Å². The smallest absolute Gasteiger partial charge is 0.137 e. The van der Waals surface area contributed by atoms with Gasteiger partial charge in [0.2, 0.25) is 0 Å². The van der Waals surface area contributed by atoms with Crippen LogP contribution in [0.15, 0.2) is 42.7 Å². The Labute approximate surface area is 145 Å². The van der Waals surface area contributed by atoms with Gasteiger partial charge in [-0.2, -0.15) is 0 Å². The molecular weight excluding hydrogens is 326 g/mol. The Morgan fingerprint density at radius 3 is 2.74 bits per heavy atom. The molecule has 3 N–H and O–H groups in total. The highest BCUT2D eigenvalue weighted by Crippen LogP contribution is 2.21. The first kappa shape index (κ1) is 16.0. The molecule has 0 saturated heterocycles. The van der Waals surface area contributed by atoms with Crippen LogP contribution in [0.1, 0.15) is 24.0 Å². The molecule has 0 unspecified atom stereocenters. The van der Waals surface area contributed by atoms with Crippen LogP contribution >= 0.6 is 23.8 Å². The Bertz CT molecular complexity index is 841. The van der Waals surface area contributed by atoms with Gasteiger partial charge in [-0.05, 0) is 72.0 Å². The van der Waals surface area contributed by atoms with Crippen molar-refractivity contribution in [3.8, 4) is 0 Å². The van der Waals surface area contributed by atoms with E-state index in [2.05, 4.69) is 22.1 Å². The van der Waals surface area contributed by atoms with E-state index in [1.54, 1.807) is 0 Å². The molecule has 3 nitrogen and oxygen atoms in total. The van der Waals surface area contributed by atoms with Gasteiger partial charge in [0.05, 0.1) is 0 Å². The van der Waals surface area contributed by atoms with Crippen LogP contribution in [0.25, 0.3) is 11.0 Å². The molecule has 0 bridgehead atoms. The molecule has 0 aliphatic rings. The minimum atomic E-state index is 0.738. The number of aryl methyl sites for hydroxylation is 2. The third-order valence-corrected chi connectivity index (χ3v) is 4.74. The maximum atomic E-state index is 6.20. The SMILES string of the molecule is Nc1ccc(Cl)c(CCC(=S)CCc2ccnc3[nH]ccc23)c1. The van der Waals surface area contributed by atoms with Gasteiger partial charge in [0.15, 0.2) is 0 Å². The first-order valence-corrected chi connectivity index (χ1v) is 8.38. The summed E-state index contributed by atoms with van der Waals surface area (Å²) in [5.74, 6) is 0. The van der Waals surface area contributed by atoms with E-state index >= 15 is 0 Å². The van der Waals surface area contributed by atoms with Crippen LogP contribution in [0.3, 0.4) is 0 Å². The molecule has 0 fully saturated rings. The number of halogens is 1. The molecule has 0 amide bonds. The predicted octanol–water partition coefficient (Wildman–Crippen LogP) is 4.73. The number of hydrogen-bond acceptors (Lipinski definition) is 3. The van der Waals surface area contributed by atoms with Crippen LogP contribution in [0.5, 0.6) is 0 Å². The molecule has 2 aromatic heterocycles. The summed E-state index contributed by atoms with van der Waals surface area (Å²) in [6.07, 6.45) is 7.25. The van der Waals surface area contributed by atoms with Gasteiger partial charge in [0, 0.05) is 28.5 Å². The molecule has 0 atom stereocenters. The molecule has 0 saturated carbocycles. The molecule has 3 aromatic rings. The summed E-state index contributed by atoms with van der Waals surface area (Å²) < 4.78 is 0. The molecule has 0 aliphatic carbocycles. The number of nitrogens with zero attached hydrogens (tertiary/aromatic N) is 1. The number of rotatable bonds is 6. The number of anilines is 1. The number of H-pyrrole nitrogens is 1. The minimum Gasteiger partial charge on any atom is -0.399 e. The number of hydrogen-bond donors (Lipinski definition) is 2. The zero-order valence-electron chi connectivity index (χ0n) is 12.7. The summed E-state index contributed by atoms with van der Waals surface area (Å²) in [5, 5.41) is 1.93. The second-order valence-corrected chi connectivity index (χ2v) is 6.58. The molecule has 2 heterocycles. The highest BCUT2D eigenvalue weighted by molar-refractivity contribution is 7.80. The fourth-order valence-electron chi connectivity index (χ4n) is 2.70. The molecule has 1 aromatic carbocycles. The highest BCUT2D eigenvalue weighted by atomic mass is 35.5. The van der Waals surface area contributed by atoms with E-state index in [1.165, 1.54) is 10.9 Å². The lowest BCUT2D eigenvalue weighted by molar-refractivity contribution is 0.980. The van der Waals surface area contributed by atoms with E-state index in [9.17, 15) is 0 Å². The topological polar surface area (TPSA) is 54.7 Å². The third kappa shape index (κ3) is 3.89. The van der Waals surface area contributed by atoms with Gasteiger partial charge in [0.1, 0.15) is 5.65 Å². The average molecular weight is 344 g/mol. The number of thiocarbonyl (C=S) groups is 1. The van der Waals surface area contributed by atoms with Crippen molar-refractivity contribution < 1.29 is 0 Å². The fraction of sp³-hybridized carbons (Fsp3) is 0.222. The number of aromatic nitrogens is 2. The van der Waals surface area contributed by atoms with Crippen LogP contribution in [-0.4, -0.2) is 14.8 Å². The lowest BCUT2D eigenvalue weighted by atomic mass is 10.0. The van der Waals surface area contributed by atoms with E-state index in [1.807, 2.05) is 30.6 Å². The largest absolute Gasteiger partial charge is 0.399 e. The molecule has 0 radical (unpaired) electrons. The summed E-state index contributed by atoms with van der Waals surface area (Å²) in [4.78, 5) is 8.50. The quantitative estimate of drug-likeness (QED) is 0.502. The van der Waals surface area contributed by atoms with Gasteiger partial charge in [0.25, 0.3) is 0 Å². The Morgan fingerprint density at radius 1 is 1.13 bits per heavy atom. The van der Waals surface area contributed by atoms with Gasteiger partial charge in [-0.3, -0.25) is 0 Å². The summed E-state index contributed by atoms with van der Waals surface area (Å²) in [5.41, 5.74) is 9.82. The lowest BCUT2D eigenvalue weighted by Gasteiger charge is -2.08. The average Bonchev–Trinajstić information content (AvgIpc) is 3.03. The Kier molecular flexibility index (Phi) is 4.94. The number of aromatic amines is 1. The van der Waals surface area contributed by atoms with Crippen LogP contribution in [0.4, 0.5) is 5.69 Å². The van der Waals surface area contributed by atoms with Gasteiger partial charge < -0.3 is 10.7 Å². The summed E-state index contributed by atoms with van der Waals surface area (Å²) in [6, 6.07) is 9.71. The second kappa shape index (κ2) is 7.11. The number of nitrogens with one attached hydrogen (secondary N) is 1. The summed E-state index contributed by atoms with van der Waals surface area (Å²) in [7, 11) is 0. The van der Waals surface area contributed by atoms with Crippen molar-refractivity contribution in [2.75, 3.05) is 5.73 Å². The minimum absolute atomic E-state index is 0.738. The van der Waals surface area contributed by atoms with E-state index in [4.69, 9.17) is 29.6 Å². The Hall–Kier alpha value is -1.91. The zero-order chi connectivity index (χ0) is 16.2. The monoisotopic (exact) mass is 343 g/mol. The predicted molar refractivity (Wildman–Crippen MR) is 101 cm³/mol. The normalized spacial score (nSPS) is 11.0. The van der Waals surface area contributed by atoms with Crippen LogP contribution in [0.2, 0.25) is 5.02 Å². The fourth-order valence-corrected chi connectivity index (χ4v) is 3.11. The number of nitrogens with two attached hydrogens (primary N) is 1. The molecule has 0 spiro atoms. The third-order valence-electron chi connectivity index (χ3n) is 3.97. The van der Waals surface area contributed by atoms with Crippen LogP contribution in [-0.2, 0) is 12.8 Å². The first-order valence-electron chi connectivity index (χ1n) is 7.60. The van der Waals surface area contributed by atoms with Gasteiger partial charge in [-0.25, -0.2) is 4.98 Å². The van der Waals surface area contributed by atoms with E-state index in [0.717, 1.165) is 52.5 Å². The lowest BCUT2D eigenvalue weighted by Crippen LogP contribution is -2.01. The van der Waals surface area contributed by atoms with E-state index in [0.29, 0.717) is 0 Å². The number of nitrogen functional groups attached to an aromatic ring is 1. The van der Waals surface area contributed by atoms with Crippen molar-refractivity contribution in [1.82, 2.24) is 9.97 Å². The Morgan fingerprint density at radius 2 is 1.91 bits per heavy atom. The molecule has 0 aliphatic heterocycles. The van der Waals surface area contributed by atoms with Crippen molar-refractivity contribution in [2.45, 2.75) is 25.7 Å². The number of fused-ring (bicyclic) bond motifs is 1. The standard InChI is InChI=1S/C18H18ClN3S/c19-17-6-3-14(20)11-13(17)2-5-15(23)4-1-12-7-9-21-18-16(12)8-10-22-18/h3,6-11H,1-2,4-5,20H2,(H,21,22). The van der Waals surface area contributed by atoms with Crippen LogP contribution in [0, 0.1) is 0 Å². The highest BCUT2D eigenvalue weighted by Gasteiger charge is 2.06. The van der Waals surface area contributed by atoms with E-state index in [-0.39, 0.29) is 0 Å². The van der Waals surface area contributed by atoms with Crippen molar-refractivity contribution >= 4 is 45.4 Å². The summed E-state index contributed by atoms with van der Waals surface area (Å²) >= 11 is 11.7. The van der Waals surface area contributed by atoms with Crippen LogP contribution < -0.4 is 5.73 Å². The first-order chi connectivity index (χ1) is 11.1. The molecule has 3 rings (SSSR count). The van der Waals surface area contributed by atoms with Crippen molar-refractivity contribution in [3.63, 3.8) is 0 Å². The zero-order valence-corrected chi connectivity index (χ0v) is 14.3. The molecule has 5 heteroatoms. The second-order valence-electron chi connectivity index (χ2n) is 5.60. The maximum Gasteiger partial charge on any atom is 0.137 e. The van der Waals surface area contributed by atoms with Gasteiger partial charge in [-0.1, -0.05) is 23.8 Å².